The third-order valence-electron chi connectivity index (χ3n) is 4.85. The molecule has 122 valence electrons. The van der Waals surface area contributed by atoms with E-state index in [2.05, 4.69) is 38.3 Å². The number of piperidine rings is 1. The summed E-state index contributed by atoms with van der Waals surface area (Å²) in [6.45, 7) is 11.5. The Kier molecular flexibility index (Phi) is 4.28. The predicted octanol–water partition coefficient (Wildman–Crippen LogP) is 1.85. The second-order valence-electron chi connectivity index (χ2n) is 8.36. The molecule has 5 heteroatoms. The summed E-state index contributed by atoms with van der Waals surface area (Å²) in [6.07, 6.45) is 3.69. The fraction of sp³-hybridized carbons (Fsp3) is 0.938. The predicted molar refractivity (Wildman–Crippen MR) is 84.3 cm³/mol. The summed E-state index contributed by atoms with van der Waals surface area (Å²) in [6, 6.07) is 0.148. The van der Waals surface area contributed by atoms with Crippen molar-refractivity contribution in [1.82, 2.24) is 15.5 Å². The Hall–Kier alpha value is -0.810. The van der Waals surface area contributed by atoms with Crippen molar-refractivity contribution >= 4 is 6.03 Å². The molecule has 21 heavy (non-hydrogen) atoms. The highest BCUT2D eigenvalue weighted by Crippen LogP contribution is 2.31. The van der Waals surface area contributed by atoms with Gasteiger partial charge in [0.25, 0.3) is 0 Å². The van der Waals surface area contributed by atoms with Gasteiger partial charge in [-0.05, 0) is 60.3 Å². The van der Waals surface area contributed by atoms with Gasteiger partial charge in [-0.1, -0.05) is 0 Å². The molecule has 0 bridgehead atoms. The van der Waals surface area contributed by atoms with Gasteiger partial charge in [0, 0.05) is 23.7 Å². The molecule has 0 aromatic rings. The first kappa shape index (κ1) is 16.6. The molecule has 0 aromatic heterocycles. The summed E-state index contributed by atoms with van der Waals surface area (Å²) in [5, 5.41) is 16.4. The zero-order valence-corrected chi connectivity index (χ0v) is 14.1. The average Bonchev–Trinajstić information content (AvgIpc) is 2.67. The van der Waals surface area contributed by atoms with Crippen molar-refractivity contribution in [3.63, 3.8) is 0 Å². The van der Waals surface area contributed by atoms with E-state index in [4.69, 9.17) is 0 Å². The van der Waals surface area contributed by atoms with Crippen LogP contribution in [0, 0.1) is 0 Å². The van der Waals surface area contributed by atoms with Crippen LogP contribution >= 0.6 is 0 Å². The van der Waals surface area contributed by atoms with Crippen molar-refractivity contribution in [2.24, 2.45) is 0 Å². The lowest BCUT2D eigenvalue weighted by molar-refractivity contribution is 0.0892. The number of amides is 2. The van der Waals surface area contributed by atoms with Crippen LogP contribution in [0.15, 0.2) is 0 Å². The number of carbonyl (C=O) groups is 1. The number of aliphatic hydroxyl groups is 1. The van der Waals surface area contributed by atoms with Gasteiger partial charge in [0.05, 0.1) is 12.1 Å². The largest absolute Gasteiger partial charge is 0.394 e. The normalized spacial score (nSPS) is 32.2. The first-order valence-electron chi connectivity index (χ1n) is 8.05. The summed E-state index contributed by atoms with van der Waals surface area (Å²) in [5.74, 6) is 0. The molecule has 2 amide bonds. The smallest absolute Gasteiger partial charge is 0.318 e. The average molecular weight is 297 g/mol. The molecule has 5 nitrogen and oxygen atoms in total. The third kappa shape index (κ3) is 3.69. The Bertz CT molecular complexity index is 392. The zero-order chi connectivity index (χ0) is 15.9. The Labute approximate surface area is 128 Å². The summed E-state index contributed by atoms with van der Waals surface area (Å²) >= 11 is 0. The van der Waals surface area contributed by atoms with Gasteiger partial charge < -0.3 is 20.6 Å². The summed E-state index contributed by atoms with van der Waals surface area (Å²) in [5.41, 5.74) is -0.363. The van der Waals surface area contributed by atoms with Gasteiger partial charge in [0.2, 0.25) is 0 Å². The number of urea groups is 1. The number of rotatable bonds is 2. The monoisotopic (exact) mass is 297 g/mol. The number of hydrogen-bond donors (Lipinski definition) is 3. The van der Waals surface area contributed by atoms with Crippen LogP contribution in [0.2, 0.25) is 0 Å². The maximum absolute atomic E-state index is 12.6. The molecule has 2 fully saturated rings. The van der Waals surface area contributed by atoms with Crippen LogP contribution in [-0.4, -0.2) is 51.8 Å². The molecule has 2 aliphatic rings. The molecule has 3 N–H and O–H groups in total. The lowest BCUT2D eigenvalue weighted by Crippen LogP contribution is -2.63. The number of nitrogens with zero attached hydrogens (tertiary/aromatic N) is 1. The lowest BCUT2D eigenvalue weighted by atomic mass is 9.79. The molecule has 0 radical (unpaired) electrons. The van der Waals surface area contributed by atoms with E-state index in [0.717, 1.165) is 32.2 Å². The SMILES string of the molecule is CC1(C)CC(NC(=O)N2CCC[C@]2(C)CO)CC(C)(C)N1. The minimum absolute atomic E-state index is 0.0188. The molecular formula is C16H31N3O2. The summed E-state index contributed by atoms with van der Waals surface area (Å²) in [4.78, 5) is 14.4. The summed E-state index contributed by atoms with van der Waals surface area (Å²) in [7, 11) is 0. The number of aliphatic hydroxyl groups excluding tert-OH is 1. The highest BCUT2D eigenvalue weighted by molar-refractivity contribution is 5.76. The molecule has 0 spiro atoms. The van der Waals surface area contributed by atoms with E-state index in [0.29, 0.717) is 0 Å². The number of nitrogens with one attached hydrogen (secondary N) is 2. The van der Waals surface area contributed by atoms with E-state index in [-0.39, 0.29) is 29.8 Å². The van der Waals surface area contributed by atoms with Crippen LogP contribution in [0.4, 0.5) is 4.79 Å². The summed E-state index contributed by atoms with van der Waals surface area (Å²) < 4.78 is 0. The molecule has 2 heterocycles. The van der Waals surface area contributed by atoms with Crippen LogP contribution in [-0.2, 0) is 0 Å². The van der Waals surface area contributed by atoms with E-state index in [1.165, 1.54) is 0 Å². The van der Waals surface area contributed by atoms with Crippen molar-refractivity contribution in [1.29, 1.82) is 0 Å². The second-order valence-corrected chi connectivity index (χ2v) is 8.36. The quantitative estimate of drug-likeness (QED) is 0.729. The Morgan fingerprint density at radius 2 is 1.81 bits per heavy atom. The molecule has 2 rings (SSSR count). The van der Waals surface area contributed by atoms with Gasteiger partial charge in [-0.15, -0.1) is 0 Å². The second kappa shape index (κ2) is 5.43. The fourth-order valence-electron chi connectivity index (χ4n) is 4.21. The first-order chi connectivity index (χ1) is 9.57. The van der Waals surface area contributed by atoms with E-state index >= 15 is 0 Å². The number of hydrogen-bond acceptors (Lipinski definition) is 3. The maximum Gasteiger partial charge on any atom is 0.318 e. The Morgan fingerprint density at radius 1 is 1.24 bits per heavy atom. The van der Waals surface area contributed by atoms with Gasteiger partial charge in [0.15, 0.2) is 0 Å². The molecule has 2 aliphatic heterocycles. The first-order valence-corrected chi connectivity index (χ1v) is 8.05. The van der Waals surface area contributed by atoms with Crippen LogP contribution < -0.4 is 10.6 Å². The number of likely N-dealkylation sites (tertiary alicyclic amines) is 1. The van der Waals surface area contributed by atoms with Crippen molar-refractivity contribution in [3.8, 4) is 0 Å². The van der Waals surface area contributed by atoms with E-state index in [1.807, 2.05) is 11.8 Å². The molecule has 0 saturated carbocycles. The minimum atomic E-state index is -0.401. The molecule has 0 unspecified atom stereocenters. The molecule has 1 atom stereocenters. The van der Waals surface area contributed by atoms with Crippen molar-refractivity contribution < 1.29 is 9.90 Å². The van der Waals surface area contributed by atoms with Crippen LogP contribution in [0.5, 0.6) is 0 Å². The van der Waals surface area contributed by atoms with Gasteiger partial charge in [-0.2, -0.15) is 0 Å². The standard InChI is InChI=1S/C16H31N3O2/c1-14(2)9-12(10-15(3,4)18-14)17-13(21)19-8-6-7-16(19,5)11-20/h12,18,20H,6-11H2,1-5H3,(H,17,21)/t16-/m1/s1. The van der Waals surface area contributed by atoms with Gasteiger partial charge in [-0.25, -0.2) is 4.79 Å². The van der Waals surface area contributed by atoms with Crippen LogP contribution in [0.1, 0.15) is 60.3 Å². The lowest BCUT2D eigenvalue weighted by Gasteiger charge is -2.47. The van der Waals surface area contributed by atoms with Gasteiger partial charge in [-0.3, -0.25) is 0 Å². The van der Waals surface area contributed by atoms with E-state index < -0.39 is 5.54 Å². The van der Waals surface area contributed by atoms with Crippen molar-refractivity contribution in [2.75, 3.05) is 13.2 Å². The van der Waals surface area contributed by atoms with E-state index in [1.54, 1.807) is 0 Å². The highest BCUT2D eigenvalue weighted by Gasteiger charge is 2.42. The van der Waals surface area contributed by atoms with Crippen LogP contribution in [0.25, 0.3) is 0 Å². The molecular weight excluding hydrogens is 266 g/mol. The van der Waals surface area contributed by atoms with E-state index in [9.17, 15) is 9.90 Å². The van der Waals surface area contributed by atoms with Crippen molar-refractivity contribution in [2.45, 2.75) is 83.0 Å². The third-order valence-corrected chi connectivity index (χ3v) is 4.85. The van der Waals surface area contributed by atoms with Crippen molar-refractivity contribution in [3.05, 3.63) is 0 Å². The zero-order valence-electron chi connectivity index (χ0n) is 14.1. The van der Waals surface area contributed by atoms with Gasteiger partial charge >= 0.3 is 6.03 Å². The number of carbonyl (C=O) groups excluding carboxylic acids is 1. The topological polar surface area (TPSA) is 64.6 Å². The van der Waals surface area contributed by atoms with Crippen LogP contribution in [0.3, 0.4) is 0 Å². The molecule has 2 saturated heterocycles. The minimum Gasteiger partial charge on any atom is -0.394 e. The highest BCUT2D eigenvalue weighted by atomic mass is 16.3. The maximum atomic E-state index is 12.6. The fourth-order valence-corrected chi connectivity index (χ4v) is 4.21. The Balaban J connectivity index is 2.02. The molecule has 0 aliphatic carbocycles. The Morgan fingerprint density at radius 3 is 2.33 bits per heavy atom. The molecule has 0 aromatic carbocycles. The van der Waals surface area contributed by atoms with Gasteiger partial charge in [0.1, 0.15) is 0 Å².